The fourth-order valence-corrected chi connectivity index (χ4v) is 17.6. The van der Waals surface area contributed by atoms with Crippen molar-refractivity contribution >= 4 is 137 Å². The number of ether oxygens (including phenoxy) is 2. The third-order valence-electron chi connectivity index (χ3n) is 21.9. The first kappa shape index (κ1) is 81.1. The lowest BCUT2D eigenvalue weighted by Crippen LogP contribution is -2.43. The highest BCUT2D eigenvalue weighted by Crippen LogP contribution is 2.47. The first-order valence-corrected chi connectivity index (χ1v) is 43.7. The molecule has 19 nitrogen and oxygen atoms in total. The number of fused-ring (bicyclic) bond motifs is 3. The molecule has 0 atom stereocenters. The highest BCUT2D eigenvalue weighted by molar-refractivity contribution is 7.14. The van der Waals surface area contributed by atoms with E-state index in [4.69, 9.17) is 35.9 Å². The number of nitrogens with two attached hydrogens (primary N) is 2. The summed E-state index contributed by atoms with van der Waals surface area (Å²) in [5.41, 5.74) is 26.6. The summed E-state index contributed by atoms with van der Waals surface area (Å²) in [4.78, 5) is 88.6. The van der Waals surface area contributed by atoms with Crippen LogP contribution in [0.25, 0.3) is 64.0 Å². The number of piperidine rings is 2. The number of pyridine rings is 3. The summed E-state index contributed by atoms with van der Waals surface area (Å²) in [6.07, 6.45) is 13.8. The minimum absolute atomic E-state index is 0.0180. The molecule has 0 spiro atoms. The van der Waals surface area contributed by atoms with Crippen molar-refractivity contribution in [1.82, 2.24) is 20.3 Å². The van der Waals surface area contributed by atoms with Gasteiger partial charge < -0.3 is 46.1 Å². The van der Waals surface area contributed by atoms with E-state index in [1.807, 2.05) is 149 Å². The van der Waals surface area contributed by atoms with E-state index in [0.717, 1.165) is 177 Å². The predicted molar refractivity (Wildman–Crippen MR) is 479 cm³/mol. The van der Waals surface area contributed by atoms with E-state index in [9.17, 15) is 29.1 Å². The maximum atomic E-state index is 13.9. The second kappa shape index (κ2) is 35.8. The van der Waals surface area contributed by atoms with Gasteiger partial charge in [0.15, 0.2) is 11.6 Å². The number of nitrogens with zero attached hydrogens (tertiary/aromatic N) is 6. The third kappa shape index (κ3) is 20.9. The lowest BCUT2D eigenvalue weighted by atomic mass is 9.95. The number of ketones is 2. The zero-order valence-corrected chi connectivity index (χ0v) is 69.9. The standard InChI is InChI=1S/C34H37N3O3S.C28H28N4OS.C18H20N2O2.C15H18N2O2S/c1-34(2,3)40-33(39)35-28-13-11-23(30-8-7-17-41-30)18-25(28)21-29(38)26-19-24-12-14-31(37-15-5-4-6-16-37)36-32(24)27(20-26)22-9-10-22;29-24-7-5-19(26-2-1-13-34-26)14-21(24)17-25(33)22-15-20-6-8-27(32-11-9-30-10-12-32)31-28(20)23(16-22)18-3-4-18;21-18(22)14-10-13-6-7-16(20-8-2-1-3-9-20)19-17(13)15(11-14)12-4-5-12;1-15(2,3)19-14(18)17-12-7-6-10(9-11(12)16)13-5-4-8-20-13/h7-8,11-14,17-20,22H,4-6,9-10,15-16,21H2,1-3H3,(H,35,39);1-2,5-8,13-16,18,30H,3-4,9-12,17,29H2;6-7,10-12H,1-5,8-9H2,(H,21,22);4-9H,16H2,1-3H3,(H,17,18). The van der Waals surface area contributed by atoms with Crippen molar-refractivity contribution in [2.45, 2.75) is 160 Å². The molecule has 604 valence electrons. The molecule has 18 rings (SSSR count). The summed E-state index contributed by atoms with van der Waals surface area (Å²) in [5, 5.41) is 27.4. The zero-order valence-electron chi connectivity index (χ0n) is 67.5. The molecule has 2 amide bonds. The number of benzene rings is 6. The van der Waals surface area contributed by atoms with Gasteiger partial charge in [-0.25, -0.2) is 29.3 Å². The molecular weight excluding hydrogens is 1520 g/mol. The maximum Gasteiger partial charge on any atom is 0.412 e. The number of Topliss-reactive ketones (excluding diaryl/α,β-unsaturated/α-hetero) is 2. The van der Waals surface area contributed by atoms with Crippen LogP contribution in [-0.4, -0.2) is 113 Å². The number of nitrogens with one attached hydrogen (secondary N) is 3. The topological polar surface area (TPSA) is 261 Å². The molecule has 0 unspecified atom stereocenters. The second-order valence-corrected chi connectivity index (χ2v) is 36.2. The molecule has 22 heteroatoms. The van der Waals surface area contributed by atoms with Gasteiger partial charge in [0.05, 0.1) is 33.5 Å². The van der Waals surface area contributed by atoms with Gasteiger partial charge in [0.2, 0.25) is 0 Å². The summed E-state index contributed by atoms with van der Waals surface area (Å²) in [6.45, 7) is 19.1. The van der Waals surface area contributed by atoms with Crippen molar-refractivity contribution < 1.29 is 38.6 Å². The number of carbonyl (C=O) groups is 5. The number of hydrogen-bond acceptors (Lipinski definition) is 19. The SMILES string of the molecule is CC(C)(C)OC(=O)Nc1ccc(-c2cccs2)cc1CC(=O)c1cc(C2CC2)c2nc(N3CCCCC3)ccc2c1.CC(C)(C)OC(=O)Nc1ccc(-c2cccs2)cc1N.Nc1ccc(-c2cccs2)cc1CC(=O)c1cc(C2CC2)c2nc(N3CCNCC3)ccc2c1.O=C(O)c1cc(C2CC2)c2nc(N3CCCCC3)ccc2c1. The van der Waals surface area contributed by atoms with Crippen molar-refractivity contribution in [3.05, 3.63) is 224 Å². The van der Waals surface area contributed by atoms with Gasteiger partial charge in [-0.1, -0.05) is 36.4 Å². The number of aromatic nitrogens is 3. The van der Waals surface area contributed by atoms with E-state index in [0.29, 0.717) is 58.1 Å². The van der Waals surface area contributed by atoms with Gasteiger partial charge in [-0.15, -0.1) is 34.0 Å². The van der Waals surface area contributed by atoms with Crippen LogP contribution in [0.5, 0.6) is 0 Å². The largest absolute Gasteiger partial charge is 0.478 e. The monoisotopic (exact) mass is 1620 g/mol. The zero-order chi connectivity index (χ0) is 81.5. The second-order valence-electron chi connectivity index (χ2n) is 33.4. The molecule has 6 fully saturated rings. The Kier molecular flexibility index (Phi) is 24.8. The van der Waals surface area contributed by atoms with Crippen LogP contribution >= 0.6 is 34.0 Å². The highest BCUT2D eigenvalue weighted by Gasteiger charge is 2.32. The number of rotatable bonds is 18. The molecular formula is C95H103N11O8S3. The first-order chi connectivity index (χ1) is 56.5. The molecule has 8 N–H and O–H groups in total. The van der Waals surface area contributed by atoms with Crippen molar-refractivity contribution in [3.63, 3.8) is 0 Å². The van der Waals surface area contributed by atoms with Crippen molar-refractivity contribution in [1.29, 1.82) is 0 Å². The number of carbonyl (C=O) groups excluding carboxylic acids is 4. The molecule has 6 aromatic carbocycles. The summed E-state index contributed by atoms with van der Waals surface area (Å²) in [6, 6.07) is 53.9. The molecule has 3 aliphatic carbocycles. The molecule has 12 aromatic rings. The van der Waals surface area contributed by atoms with Gasteiger partial charge in [0, 0.05) is 118 Å². The van der Waals surface area contributed by atoms with Gasteiger partial charge in [-0.3, -0.25) is 20.2 Å². The van der Waals surface area contributed by atoms with Crippen LogP contribution in [0.2, 0.25) is 0 Å². The molecule has 3 aliphatic heterocycles. The number of anilines is 7. The summed E-state index contributed by atoms with van der Waals surface area (Å²) < 4.78 is 10.7. The van der Waals surface area contributed by atoms with Crippen LogP contribution in [0, 0.1) is 0 Å². The molecule has 0 radical (unpaired) electrons. The Bertz CT molecular complexity index is 5590. The predicted octanol–water partition coefficient (Wildman–Crippen LogP) is 22.0. The lowest BCUT2D eigenvalue weighted by Gasteiger charge is -2.28. The summed E-state index contributed by atoms with van der Waals surface area (Å²) in [7, 11) is 0. The van der Waals surface area contributed by atoms with Gasteiger partial charge >= 0.3 is 18.2 Å². The van der Waals surface area contributed by atoms with Crippen LogP contribution in [0.3, 0.4) is 0 Å². The van der Waals surface area contributed by atoms with E-state index in [2.05, 4.69) is 90.6 Å². The summed E-state index contributed by atoms with van der Waals surface area (Å²) >= 11 is 4.98. The molecule has 9 heterocycles. The molecule has 6 aliphatic rings. The summed E-state index contributed by atoms with van der Waals surface area (Å²) in [5.74, 6) is 3.84. The Morgan fingerprint density at radius 1 is 0.436 bits per heavy atom. The number of carboxylic acids is 1. The Morgan fingerprint density at radius 2 is 0.812 bits per heavy atom. The molecule has 3 saturated carbocycles. The van der Waals surface area contributed by atoms with E-state index in [1.165, 1.54) is 67.4 Å². The first-order valence-electron chi connectivity index (χ1n) is 41.1. The Labute approximate surface area is 696 Å². The van der Waals surface area contributed by atoms with Crippen LogP contribution in [0.4, 0.5) is 49.8 Å². The average Bonchev–Trinajstić information content (AvgIpc) is 1.77. The van der Waals surface area contributed by atoms with Crippen LogP contribution in [0.1, 0.15) is 195 Å². The van der Waals surface area contributed by atoms with Crippen molar-refractivity contribution in [2.24, 2.45) is 0 Å². The minimum Gasteiger partial charge on any atom is -0.478 e. The number of carboxylic acid groups (broad SMARTS) is 1. The van der Waals surface area contributed by atoms with E-state index in [-0.39, 0.29) is 18.0 Å². The average molecular weight is 1620 g/mol. The smallest absolute Gasteiger partial charge is 0.412 e. The lowest BCUT2D eigenvalue weighted by molar-refractivity contribution is 0.0624. The van der Waals surface area contributed by atoms with Gasteiger partial charge in [-0.05, 0) is 324 Å². The van der Waals surface area contributed by atoms with Gasteiger partial charge in [0.25, 0.3) is 0 Å². The van der Waals surface area contributed by atoms with Crippen molar-refractivity contribution in [2.75, 3.05) is 89.2 Å². The molecule has 117 heavy (non-hydrogen) atoms. The Morgan fingerprint density at radius 3 is 1.21 bits per heavy atom. The Hall–Kier alpha value is -11.0. The number of piperazine rings is 1. The van der Waals surface area contributed by atoms with Crippen LogP contribution < -0.4 is 42.1 Å². The normalized spacial score (nSPS) is 15.6. The minimum atomic E-state index is -0.857. The van der Waals surface area contributed by atoms with E-state index in [1.54, 1.807) is 46.1 Å². The number of aromatic carboxylic acids is 1. The fourth-order valence-electron chi connectivity index (χ4n) is 15.5. The molecule has 3 saturated heterocycles. The number of nitrogen functional groups attached to an aromatic ring is 2. The van der Waals surface area contributed by atoms with E-state index < -0.39 is 29.4 Å². The van der Waals surface area contributed by atoms with Crippen LogP contribution in [0.15, 0.2) is 180 Å². The maximum absolute atomic E-state index is 13.9. The molecule has 0 bridgehead atoms. The molecule has 6 aromatic heterocycles. The van der Waals surface area contributed by atoms with E-state index >= 15 is 0 Å². The van der Waals surface area contributed by atoms with Gasteiger partial charge in [-0.2, -0.15) is 0 Å². The Balaban J connectivity index is 0.000000127. The number of amides is 2. The third-order valence-corrected chi connectivity index (χ3v) is 24.6. The van der Waals surface area contributed by atoms with Crippen molar-refractivity contribution in [3.8, 4) is 31.3 Å². The van der Waals surface area contributed by atoms with Crippen LogP contribution in [-0.2, 0) is 22.3 Å². The van der Waals surface area contributed by atoms with Gasteiger partial charge in [0.1, 0.15) is 28.7 Å². The fraction of sp³-hybridized carbons (Fsp3) is 0.347. The number of thiophene rings is 3. The highest BCUT2D eigenvalue weighted by atomic mass is 32.1. The quantitative estimate of drug-likeness (QED) is 0.0345. The number of hydrogen-bond donors (Lipinski definition) is 6.